The maximum Gasteiger partial charge on any atom is 0.0541 e. The lowest BCUT2D eigenvalue weighted by atomic mass is 9.53. The molecule has 3 aliphatic rings. The molecule has 0 fully saturated rings. The van der Waals surface area contributed by atoms with E-state index in [1.807, 2.05) is 11.3 Å². The summed E-state index contributed by atoms with van der Waals surface area (Å²) in [4.78, 5) is 2.53. The van der Waals surface area contributed by atoms with Gasteiger partial charge in [-0.3, -0.25) is 0 Å². The minimum atomic E-state index is -0.374. The van der Waals surface area contributed by atoms with Gasteiger partial charge >= 0.3 is 0 Å². The summed E-state index contributed by atoms with van der Waals surface area (Å²) in [7, 11) is 0. The topological polar surface area (TPSA) is 8.17 Å². The van der Waals surface area contributed by atoms with Gasteiger partial charge in [0.2, 0.25) is 0 Å². The van der Waals surface area contributed by atoms with E-state index >= 15 is 0 Å². The number of thiophene rings is 1. The molecule has 2 aliphatic carbocycles. The van der Waals surface area contributed by atoms with E-state index in [0.29, 0.717) is 0 Å². The highest BCUT2D eigenvalue weighted by atomic mass is 32.1. The number of benzene rings is 8. The van der Waals surface area contributed by atoms with Crippen molar-refractivity contribution in [3.05, 3.63) is 241 Å². The second kappa shape index (κ2) is 14.3. The van der Waals surface area contributed by atoms with E-state index in [1.54, 1.807) is 0 Å². The number of anilines is 2. The highest BCUT2D eigenvalue weighted by Crippen LogP contribution is 2.63. The van der Waals surface area contributed by atoms with E-state index in [9.17, 15) is 0 Å². The zero-order valence-electron chi connectivity index (χ0n) is 35.7. The van der Waals surface area contributed by atoms with Crippen molar-refractivity contribution in [2.24, 2.45) is 17.3 Å². The molecule has 3 atom stereocenters. The van der Waals surface area contributed by atoms with Crippen LogP contribution in [0.15, 0.2) is 224 Å². The lowest BCUT2D eigenvalue weighted by Crippen LogP contribution is -2.44. The van der Waals surface area contributed by atoms with E-state index in [2.05, 4.69) is 242 Å². The van der Waals surface area contributed by atoms with Crippen LogP contribution in [0, 0.1) is 17.3 Å². The molecule has 2 aromatic heterocycles. The van der Waals surface area contributed by atoms with Crippen molar-refractivity contribution >= 4 is 81.4 Å². The Bertz CT molecular complexity index is 3650. The summed E-state index contributed by atoms with van der Waals surface area (Å²) in [6, 6.07) is 72.0. The van der Waals surface area contributed by atoms with E-state index in [0.717, 1.165) is 0 Å². The molecule has 304 valence electrons. The molecule has 0 saturated heterocycles. The van der Waals surface area contributed by atoms with Crippen LogP contribution in [0.5, 0.6) is 0 Å². The molecule has 0 amide bonds. The van der Waals surface area contributed by atoms with E-state index in [-0.39, 0.29) is 17.3 Å². The summed E-state index contributed by atoms with van der Waals surface area (Å²) in [5.41, 5.74) is 17.2. The molecular formula is C61H44N2S. The van der Waals surface area contributed by atoms with Crippen LogP contribution in [0.2, 0.25) is 0 Å². The minimum Gasteiger partial charge on any atom is -0.313 e. The van der Waals surface area contributed by atoms with Gasteiger partial charge in [0.1, 0.15) is 0 Å². The largest absolute Gasteiger partial charge is 0.313 e. The number of fused-ring (bicyclic) bond motifs is 9. The number of allylic oxidation sites excluding steroid dienone is 8. The molecule has 0 saturated carbocycles. The smallest absolute Gasteiger partial charge is 0.0541 e. The summed E-state index contributed by atoms with van der Waals surface area (Å²) in [5.74, 6) is 0.295. The number of hydrogen-bond acceptors (Lipinski definition) is 2. The molecule has 3 bridgehead atoms. The second-order valence-corrected chi connectivity index (χ2v) is 18.8. The Hall–Kier alpha value is -7.46. The molecule has 3 heteroatoms. The van der Waals surface area contributed by atoms with Gasteiger partial charge in [0.15, 0.2) is 0 Å². The Morgan fingerprint density at radius 1 is 0.469 bits per heavy atom. The van der Waals surface area contributed by atoms with Gasteiger partial charge in [0, 0.05) is 64.9 Å². The van der Waals surface area contributed by atoms with Gasteiger partial charge < -0.3 is 9.47 Å². The monoisotopic (exact) mass is 836 g/mol. The van der Waals surface area contributed by atoms with Crippen LogP contribution in [-0.2, 0) is 0 Å². The number of para-hydroxylation sites is 3. The number of aromatic nitrogens is 1. The van der Waals surface area contributed by atoms with Gasteiger partial charge in [-0.2, -0.15) is 0 Å². The molecule has 13 rings (SSSR count). The van der Waals surface area contributed by atoms with Crippen molar-refractivity contribution in [1.82, 2.24) is 4.57 Å². The second-order valence-electron chi connectivity index (χ2n) is 17.7. The van der Waals surface area contributed by atoms with Crippen molar-refractivity contribution in [2.45, 2.75) is 13.8 Å². The summed E-state index contributed by atoms with van der Waals surface area (Å²) < 4.78 is 5.10. The zero-order chi connectivity index (χ0) is 42.5. The Labute approximate surface area is 377 Å². The van der Waals surface area contributed by atoms with Gasteiger partial charge in [-0.1, -0.05) is 172 Å². The Balaban J connectivity index is 1.02. The first-order valence-corrected chi connectivity index (χ1v) is 23.3. The van der Waals surface area contributed by atoms with Crippen molar-refractivity contribution in [3.63, 3.8) is 0 Å². The third-order valence-electron chi connectivity index (χ3n) is 14.6. The maximum atomic E-state index is 2.65. The quantitative estimate of drug-likeness (QED) is 0.168. The van der Waals surface area contributed by atoms with Gasteiger partial charge in [0.25, 0.3) is 0 Å². The van der Waals surface area contributed by atoms with Crippen LogP contribution < -0.4 is 4.90 Å². The fourth-order valence-electron chi connectivity index (χ4n) is 11.6. The van der Waals surface area contributed by atoms with Crippen molar-refractivity contribution < 1.29 is 0 Å². The highest BCUT2D eigenvalue weighted by Gasteiger charge is 2.51. The number of rotatable bonds is 5. The normalized spacial score (nSPS) is 19.2. The number of nitrogens with zero attached hydrogens (tertiary/aromatic N) is 2. The predicted molar refractivity (Wildman–Crippen MR) is 273 cm³/mol. The van der Waals surface area contributed by atoms with E-state index < -0.39 is 0 Å². The Morgan fingerprint density at radius 3 is 1.98 bits per heavy atom. The molecule has 2 nitrogen and oxygen atoms in total. The predicted octanol–water partition coefficient (Wildman–Crippen LogP) is 16.7. The van der Waals surface area contributed by atoms with E-state index in [4.69, 9.17) is 0 Å². The van der Waals surface area contributed by atoms with E-state index in [1.165, 1.54) is 109 Å². The standard InChI is InChI=1S/C61H44N2S/c1-39-52(41-17-5-3-6-18-41)36-43-38-61(39)40(2)55(62(44-19-7-4-8-20-44)56-26-14-11-22-47(43)56)34-32-54(61)48-23-10-9-21-46(48)42-29-33-58-53(35-42)49-24-12-15-27-57(49)63(58)45-30-31-51-50-25-13-16-28-59(50)64-60(51)37-45/h3-40H,1-2H3. The minimum absolute atomic E-state index is 0.130. The first-order valence-electron chi connectivity index (χ1n) is 22.5. The van der Waals surface area contributed by atoms with Crippen LogP contribution in [0.1, 0.15) is 30.5 Å². The van der Waals surface area contributed by atoms with Gasteiger partial charge in [0.05, 0.1) is 16.7 Å². The van der Waals surface area contributed by atoms with Crippen LogP contribution in [0.25, 0.3) is 75.5 Å². The molecule has 1 aliphatic heterocycles. The molecular weight excluding hydrogens is 793 g/mol. The van der Waals surface area contributed by atoms with Crippen molar-refractivity contribution in [2.75, 3.05) is 4.90 Å². The zero-order valence-corrected chi connectivity index (χ0v) is 36.6. The average Bonchev–Trinajstić information content (AvgIpc) is 3.89. The fourth-order valence-corrected chi connectivity index (χ4v) is 12.7. The van der Waals surface area contributed by atoms with Crippen LogP contribution in [-0.4, -0.2) is 4.57 Å². The molecule has 0 N–H and O–H groups in total. The Morgan fingerprint density at radius 2 is 1.14 bits per heavy atom. The SMILES string of the molecule is CC1C(c2ccccc2)=CC2=CC13C(c1ccccc1-c1ccc4c(c1)c1ccccc1n4-c1ccc4c(c1)sc1ccccc14)=CC=C(C3C)N(c1ccccc1)c1ccccc12. The molecule has 10 aromatic rings. The summed E-state index contributed by atoms with van der Waals surface area (Å²) in [6.45, 7) is 4.94. The molecule has 0 radical (unpaired) electrons. The summed E-state index contributed by atoms with van der Waals surface area (Å²) >= 11 is 1.87. The summed E-state index contributed by atoms with van der Waals surface area (Å²) in [5, 5.41) is 5.16. The lowest BCUT2D eigenvalue weighted by Gasteiger charge is -2.53. The highest BCUT2D eigenvalue weighted by molar-refractivity contribution is 7.25. The lowest BCUT2D eigenvalue weighted by molar-refractivity contribution is 0.302. The fraction of sp³-hybridized carbons (Fsp3) is 0.0820. The van der Waals surface area contributed by atoms with Crippen molar-refractivity contribution in [3.8, 4) is 16.8 Å². The van der Waals surface area contributed by atoms with Crippen molar-refractivity contribution in [1.29, 1.82) is 0 Å². The molecule has 3 heterocycles. The molecule has 64 heavy (non-hydrogen) atoms. The third-order valence-corrected chi connectivity index (χ3v) is 15.7. The van der Waals surface area contributed by atoms with Crippen LogP contribution in [0.4, 0.5) is 11.4 Å². The average molecular weight is 837 g/mol. The molecule has 1 spiro atoms. The molecule has 3 unspecified atom stereocenters. The Kier molecular flexibility index (Phi) is 8.29. The van der Waals surface area contributed by atoms with Gasteiger partial charge in [-0.25, -0.2) is 0 Å². The third kappa shape index (κ3) is 5.38. The molecule has 8 aromatic carbocycles. The first kappa shape index (κ1) is 37.1. The van der Waals surface area contributed by atoms with Crippen LogP contribution in [0.3, 0.4) is 0 Å². The summed E-state index contributed by atoms with van der Waals surface area (Å²) in [6.07, 6.45) is 10.0. The first-order chi connectivity index (χ1) is 31.6. The van der Waals surface area contributed by atoms with Gasteiger partial charge in [-0.05, 0) is 106 Å². The van der Waals surface area contributed by atoms with Crippen LogP contribution >= 0.6 is 11.3 Å². The maximum absolute atomic E-state index is 2.65. The number of hydrogen-bond donors (Lipinski definition) is 0. The van der Waals surface area contributed by atoms with Gasteiger partial charge in [-0.15, -0.1) is 11.3 Å².